The first kappa shape index (κ1) is 24.4. The quantitative estimate of drug-likeness (QED) is 0.536. The van der Waals surface area contributed by atoms with Gasteiger partial charge in [0.15, 0.2) is 6.04 Å². The first-order valence-corrected chi connectivity index (χ1v) is 9.95. The van der Waals surface area contributed by atoms with Crippen molar-refractivity contribution in [3.63, 3.8) is 0 Å². The zero-order valence-electron chi connectivity index (χ0n) is 18.7. The number of carbonyl (C=O) groups is 3. The number of benzene rings is 1. The maximum atomic E-state index is 12.8. The molecule has 0 unspecified atom stereocenters. The summed E-state index contributed by atoms with van der Waals surface area (Å²) in [5.41, 5.74) is 1.39. The highest BCUT2D eigenvalue weighted by molar-refractivity contribution is 5.92. The van der Waals surface area contributed by atoms with Gasteiger partial charge in [-0.2, -0.15) is 0 Å². The number of aliphatic hydroxyl groups is 1. The highest BCUT2D eigenvalue weighted by atomic mass is 16.7. The highest BCUT2D eigenvalue weighted by Gasteiger charge is 2.55. The Morgan fingerprint density at radius 2 is 1.65 bits per heavy atom. The van der Waals surface area contributed by atoms with E-state index in [-0.39, 0.29) is 6.61 Å². The van der Waals surface area contributed by atoms with Gasteiger partial charge in [-0.1, -0.05) is 30.3 Å². The molecule has 31 heavy (non-hydrogen) atoms. The average Bonchev–Trinajstić information content (AvgIpc) is 2.63. The van der Waals surface area contributed by atoms with Crippen LogP contribution < -0.4 is 5.43 Å². The molecule has 1 heterocycles. The molecule has 3 amide bonds. The lowest BCUT2D eigenvalue weighted by atomic mass is 9.98. The van der Waals surface area contributed by atoms with E-state index in [2.05, 4.69) is 5.43 Å². The zero-order chi connectivity index (χ0) is 23.4. The highest BCUT2D eigenvalue weighted by Crippen LogP contribution is 2.27. The molecule has 1 aliphatic heterocycles. The molecule has 0 spiro atoms. The SMILES string of the molecule is CC(C)(C)OC(=O)NN(C(=O)OC(C)(C)C)[C@@H]1C(=O)N(OCc2ccccc2)[C@@H]1CO. The molecule has 1 aliphatic rings. The number of β-lactam (4-membered cyclic amide) rings is 1. The summed E-state index contributed by atoms with van der Waals surface area (Å²) in [6, 6.07) is 7.04. The fourth-order valence-corrected chi connectivity index (χ4v) is 2.78. The van der Waals surface area contributed by atoms with Gasteiger partial charge in [0, 0.05) is 0 Å². The van der Waals surface area contributed by atoms with Crippen molar-refractivity contribution >= 4 is 18.1 Å². The van der Waals surface area contributed by atoms with Crippen LogP contribution in [0.3, 0.4) is 0 Å². The molecule has 1 aromatic rings. The minimum Gasteiger partial charge on any atom is -0.443 e. The van der Waals surface area contributed by atoms with E-state index >= 15 is 0 Å². The van der Waals surface area contributed by atoms with Gasteiger partial charge in [-0.05, 0) is 47.1 Å². The summed E-state index contributed by atoms with van der Waals surface area (Å²) in [5.74, 6) is -0.614. The number of ether oxygens (including phenoxy) is 2. The third-order valence-corrected chi connectivity index (χ3v) is 4.02. The second kappa shape index (κ2) is 9.52. The molecule has 1 fully saturated rings. The first-order valence-electron chi connectivity index (χ1n) is 9.95. The van der Waals surface area contributed by atoms with E-state index < -0.39 is 48.0 Å². The molecule has 172 valence electrons. The molecule has 2 N–H and O–H groups in total. The van der Waals surface area contributed by atoms with Crippen LogP contribution >= 0.6 is 0 Å². The topological polar surface area (TPSA) is 118 Å². The maximum Gasteiger partial charge on any atom is 0.430 e. The molecule has 1 saturated heterocycles. The van der Waals surface area contributed by atoms with Gasteiger partial charge < -0.3 is 14.6 Å². The largest absolute Gasteiger partial charge is 0.443 e. The van der Waals surface area contributed by atoms with E-state index in [1.165, 1.54) is 0 Å². The fraction of sp³-hybridized carbons (Fsp3) is 0.571. The van der Waals surface area contributed by atoms with Gasteiger partial charge in [-0.15, -0.1) is 0 Å². The summed E-state index contributed by atoms with van der Waals surface area (Å²) >= 11 is 0. The lowest BCUT2D eigenvalue weighted by Gasteiger charge is -2.48. The van der Waals surface area contributed by atoms with E-state index in [4.69, 9.17) is 14.3 Å². The van der Waals surface area contributed by atoms with E-state index in [9.17, 15) is 19.5 Å². The predicted molar refractivity (Wildman–Crippen MR) is 110 cm³/mol. The van der Waals surface area contributed by atoms with E-state index in [0.717, 1.165) is 15.6 Å². The molecule has 0 aliphatic carbocycles. The smallest absolute Gasteiger partial charge is 0.430 e. The first-order chi connectivity index (χ1) is 14.3. The van der Waals surface area contributed by atoms with Gasteiger partial charge >= 0.3 is 12.2 Å². The normalized spacial score (nSPS) is 18.8. The number of hydrogen-bond acceptors (Lipinski definition) is 7. The Hall–Kier alpha value is -2.85. The molecule has 10 nitrogen and oxygen atoms in total. The molecule has 0 radical (unpaired) electrons. The van der Waals surface area contributed by atoms with Crippen LogP contribution in [0.5, 0.6) is 0 Å². The second-order valence-electron chi connectivity index (χ2n) is 9.08. The molecular weight excluding hydrogens is 406 g/mol. The predicted octanol–water partition coefficient (Wildman–Crippen LogP) is 2.37. The number of carbonyl (C=O) groups excluding carboxylic acids is 3. The van der Waals surface area contributed by atoms with Gasteiger partial charge in [0.1, 0.15) is 23.9 Å². The van der Waals surface area contributed by atoms with E-state index in [1.54, 1.807) is 41.5 Å². The van der Waals surface area contributed by atoms with Crippen molar-refractivity contribution in [2.45, 2.75) is 71.4 Å². The lowest BCUT2D eigenvalue weighted by molar-refractivity contribution is -0.255. The molecule has 1 aromatic carbocycles. The van der Waals surface area contributed by atoms with Crippen molar-refractivity contribution < 1.29 is 33.8 Å². The Bertz CT molecular complexity index is 786. The Morgan fingerprint density at radius 3 is 2.16 bits per heavy atom. The summed E-state index contributed by atoms with van der Waals surface area (Å²) in [5, 5.41) is 11.6. The third kappa shape index (κ3) is 6.83. The Kier molecular flexibility index (Phi) is 7.50. The maximum absolute atomic E-state index is 12.8. The molecule has 0 aromatic heterocycles. The van der Waals surface area contributed by atoms with E-state index in [1.807, 2.05) is 30.3 Å². The van der Waals surface area contributed by atoms with Gasteiger partial charge in [0.05, 0.1) is 6.61 Å². The molecule has 2 rings (SSSR count). The van der Waals surface area contributed by atoms with Gasteiger partial charge in [0.25, 0.3) is 5.91 Å². The molecule has 0 saturated carbocycles. The number of hydroxylamine groups is 2. The molecule has 10 heteroatoms. The standard InChI is InChI=1S/C21H31N3O7/c1-20(2,3)30-18(27)22-23(19(28)31-21(4,5)6)16-15(12-25)24(17(16)26)29-13-14-10-8-7-9-11-14/h7-11,15-16,25H,12-13H2,1-6H3,(H,22,27)/t15-,16+/m1/s1. The van der Waals surface area contributed by atoms with Crippen LogP contribution in [0.25, 0.3) is 0 Å². The van der Waals surface area contributed by atoms with Crippen molar-refractivity contribution in [1.82, 2.24) is 15.5 Å². The van der Waals surface area contributed by atoms with Crippen LogP contribution in [0.15, 0.2) is 30.3 Å². The van der Waals surface area contributed by atoms with Crippen LogP contribution in [-0.2, 0) is 25.7 Å². The molecular formula is C21H31N3O7. The average molecular weight is 437 g/mol. The van der Waals surface area contributed by atoms with Crippen molar-refractivity contribution in [3.8, 4) is 0 Å². The third-order valence-electron chi connectivity index (χ3n) is 4.02. The minimum atomic E-state index is -1.22. The fourth-order valence-electron chi connectivity index (χ4n) is 2.78. The summed E-state index contributed by atoms with van der Waals surface area (Å²) in [4.78, 5) is 43.3. The molecule has 2 atom stereocenters. The summed E-state index contributed by atoms with van der Waals surface area (Å²) in [6.07, 6.45) is -1.90. The summed E-state index contributed by atoms with van der Waals surface area (Å²) < 4.78 is 10.5. The Labute approximate surface area is 182 Å². The summed E-state index contributed by atoms with van der Waals surface area (Å²) in [7, 11) is 0. The van der Waals surface area contributed by atoms with Crippen LogP contribution in [0.4, 0.5) is 9.59 Å². The zero-order valence-corrected chi connectivity index (χ0v) is 18.7. The van der Waals surface area contributed by atoms with Crippen LogP contribution in [0.2, 0.25) is 0 Å². The Morgan fingerprint density at radius 1 is 1.06 bits per heavy atom. The number of nitrogens with zero attached hydrogens (tertiary/aromatic N) is 2. The number of nitrogens with one attached hydrogen (secondary N) is 1. The number of hydrazine groups is 1. The lowest BCUT2D eigenvalue weighted by Crippen LogP contribution is -2.75. The number of amides is 3. The van der Waals surface area contributed by atoms with Crippen LogP contribution in [0.1, 0.15) is 47.1 Å². The Balaban J connectivity index is 2.16. The van der Waals surface area contributed by atoms with Crippen molar-refractivity contribution in [2.24, 2.45) is 0 Å². The van der Waals surface area contributed by atoms with Crippen molar-refractivity contribution in [2.75, 3.05) is 6.61 Å². The number of hydrogen-bond donors (Lipinski definition) is 2. The minimum absolute atomic E-state index is 0.0989. The summed E-state index contributed by atoms with van der Waals surface area (Å²) in [6.45, 7) is 9.54. The van der Waals surface area contributed by atoms with Gasteiger partial charge in [0.2, 0.25) is 0 Å². The van der Waals surface area contributed by atoms with Crippen LogP contribution in [0, 0.1) is 0 Å². The van der Waals surface area contributed by atoms with Gasteiger partial charge in [-0.25, -0.2) is 25.1 Å². The van der Waals surface area contributed by atoms with Crippen molar-refractivity contribution in [3.05, 3.63) is 35.9 Å². The van der Waals surface area contributed by atoms with Crippen LogP contribution in [-0.4, -0.2) is 63.2 Å². The van der Waals surface area contributed by atoms with E-state index in [0.29, 0.717) is 0 Å². The number of rotatable bonds is 5. The monoisotopic (exact) mass is 437 g/mol. The molecule has 0 bridgehead atoms. The van der Waals surface area contributed by atoms with Gasteiger partial charge in [-0.3, -0.25) is 9.63 Å². The number of aliphatic hydroxyl groups excluding tert-OH is 1. The second-order valence-corrected chi connectivity index (χ2v) is 9.08. The van der Waals surface area contributed by atoms with Crippen molar-refractivity contribution in [1.29, 1.82) is 0 Å².